The first kappa shape index (κ1) is 10.4. The predicted molar refractivity (Wildman–Crippen MR) is 62.2 cm³/mol. The van der Waals surface area contributed by atoms with Gasteiger partial charge in [-0.25, -0.2) is 0 Å². The summed E-state index contributed by atoms with van der Waals surface area (Å²) in [5, 5.41) is 7.34. The van der Waals surface area contributed by atoms with E-state index in [9.17, 15) is 0 Å². The molecule has 5 heteroatoms. The summed E-state index contributed by atoms with van der Waals surface area (Å²) in [5.41, 5.74) is 1.85. The number of hydrogen-bond acceptors (Lipinski definition) is 5. The van der Waals surface area contributed by atoms with Crippen molar-refractivity contribution in [3.05, 3.63) is 29.8 Å². The summed E-state index contributed by atoms with van der Waals surface area (Å²) in [6, 6.07) is 4.10. The summed E-state index contributed by atoms with van der Waals surface area (Å²) in [4.78, 5) is 8.70. The summed E-state index contributed by atoms with van der Waals surface area (Å²) < 4.78 is 5.29. The second-order valence-electron chi connectivity index (χ2n) is 4.27. The summed E-state index contributed by atoms with van der Waals surface area (Å²) >= 11 is 0. The van der Waals surface area contributed by atoms with Crippen LogP contribution < -0.4 is 5.32 Å². The van der Waals surface area contributed by atoms with Gasteiger partial charge < -0.3 is 9.84 Å². The molecule has 0 saturated carbocycles. The van der Waals surface area contributed by atoms with E-state index >= 15 is 0 Å². The molecule has 0 aliphatic carbocycles. The quantitative estimate of drug-likeness (QED) is 0.853. The molecule has 1 saturated heterocycles. The van der Waals surface area contributed by atoms with E-state index in [1.165, 1.54) is 0 Å². The van der Waals surface area contributed by atoms with Crippen LogP contribution in [0.1, 0.15) is 30.3 Å². The van der Waals surface area contributed by atoms with E-state index in [4.69, 9.17) is 4.52 Å². The fraction of sp³-hybridized carbons (Fsp3) is 0.417. The molecule has 0 unspecified atom stereocenters. The minimum atomic E-state index is 0.209. The smallest absolute Gasteiger partial charge is 0.244 e. The molecule has 0 amide bonds. The van der Waals surface area contributed by atoms with Gasteiger partial charge in [-0.15, -0.1) is 0 Å². The summed E-state index contributed by atoms with van der Waals surface area (Å²) in [6.45, 7) is 3.01. The number of nitrogens with zero attached hydrogens (tertiary/aromatic N) is 3. The SMILES string of the molecule is Cc1cccnc1-c1noc([C@@H]2CCCN2)n1. The lowest BCUT2D eigenvalue weighted by Gasteiger charge is -2.01. The first-order chi connectivity index (χ1) is 8.34. The molecular weight excluding hydrogens is 216 g/mol. The molecule has 1 aliphatic heterocycles. The van der Waals surface area contributed by atoms with Crippen molar-refractivity contribution in [1.29, 1.82) is 0 Å². The molecule has 3 rings (SSSR count). The van der Waals surface area contributed by atoms with Gasteiger partial charge in [0, 0.05) is 6.20 Å². The Morgan fingerprint density at radius 2 is 2.41 bits per heavy atom. The third-order valence-electron chi connectivity index (χ3n) is 3.02. The third-order valence-corrected chi connectivity index (χ3v) is 3.02. The van der Waals surface area contributed by atoms with Gasteiger partial charge in [0.15, 0.2) is 0 Å². The highest BCUT2D eigenvalue weighted by atomic mass is 16.5. The van der Waals surface area contributed by atoms with Gasteiger partial charge in [-0.1, -0.05) is 11.2 Å². The van der Waals surface area contributed by atoms with Crippen molar-refractivity contribution in [2.24, 2.45) is 0 Å². The molecule has 17 heavy (non-hydrogen) atoms. The van der Waals surface area contributed by atoms with E-state index in [1.807, 2.05) is 19.1 Å². The Labute approximate surface area is 99.3 Å². The number of hydrogen-bond donors (Lipinski definition) is 1. The lowest BCUT2D eigenvalue weighted by molar-refractivity contribution is 0.345. The maximum atomic E-state index is 5.29. The third kappa shape index (κ3) is 1.93. The molecule has 3 heterocycles. The molecule has 1 fully saturated rings. The maximum absolute atomic E-state index is 5.29. The molecule has 0 bridgehead atoms. The normalized spacial score (nSPS) is 19.7. The number of aromatic nitrogens is 3. The summed E-state index contributed by atoms with van der Waals surface area (Å²) in [7, 11) is 0. The van der Waals surface area contributed by atoms with E-state index in [0.717, 1.165) is 30.6 Å². The second kappa shape index (κ2) is 4.25. The molecule has 1 N–H and O–H groups in total. The van der Waals surface area contributed by atoms with Crippen molar-refractivity contribution < 1.29 is 4.52 Å². The molecule has 0 spiro atoms. The topological polar surface area (TPSA) is 63.8 Å². The Bertz CT molecular complexity index is 517. The second-order valence-corrected chi connectivity index (χ2v) is 4.27. The van der Waals surface area contributed by atoms with Crippen molar-refractivity contribution >= 4 is 0 Å². The molecule has 1 aliphatic rings. The predicted octanol–water partition coefficient (Wildman–Crippen LogP) is 1.86. The van der Waals surface area contributed by atoms with Crippen LogP contribution in [0.3, 0.4) is 0 Å². The fourth-order valence-electron chi connectivity index (χ4n) is 2.09. The minimum Gasteiger partial charge on any atom is -0.337 e. The number of nitrogens with one attached hydrogen (secondary N) is 1. The van der Waals surface area contributed by atoms with Crippen LogP contribution in [0.2, 0.25) is 0 Å². The largest absolute Gasteiger partial charge is 0.337 e. The average Bonchev–Trinajstić information content (AvgIpc) is 3.00. The molecule has 88 valence electrons. The molecule has 2 aromatic heterocycles. The Hall–Kier alpha value is -1.75. The lowest BCUT2D eigenvalue weighted by Crippen LogP contribution is -2.13. The van der Waals surface area contributed by atoms with Gasteiger partial charge in [0.25, 0.3) is 0 Å². The number of pyridine rings is 1. The lowest BCUT2D eigenvalue weighted by atomic mass is 10.2. The monoisotopic (exact) mass is 230 g/mol. The van der Waals surface area contributed by atoms with E-state index in [2.05, 4.69) is 20.4 Å². The van der Waals surface area contributed by atoms with Crippen LogP contribution in [-0.2, 0) is 0 Å². The molecule has 0 aromatic carbocycles. The zero-order chi connectivity index (χ0) is 11.7. The molecule has 0 radical (unpaired) electrons. The van der Waals surface area contributed by atoms with Gasteiger partial charge in [0.05, 0.1) is 6.04 Å². The van der Waals surface area contributed by atoms with E-state index in [-0.39, 0.29) is 6.04 Å². The first-order valence-corrected chi connectivity index (χ1v) is 5.83. The van der Waals surface area contributed by atoms with E-state index in [0.29, 0.717) is 11.7 Å². The Balaban J connectivity index is 1.92. The van der Waals surface area contributed by atoms with Crippen LogP contribution in [0.15, 0.2) is 22.9 Å². The van der Waals surface area contributed by atoms with Crippen LogP contribution in [0.5, 0.6) is 0 Å². The maximum Gasteiger partial charge on any atom is 0.244 e. The van der Waals surface area contributed by atoms with Crippen LogP contribution in [0.25, 0.3) is 11.5 Å². The highest BCUT2D eigenvalue weighted by molar-refractivity contribution is 5.53. The Morgan fingerprint density at radius 3 is 3.18 bits per heavy atom. The zero-order valence-electron chi connectivity index (χ0n) is 9.68. The molecule has 5 nitrogen and oxygen atoms in total. The first-order valence-electron chi connectivity index (χ1n) is 5.83. The highest BCUT2D eigenvalue weighted by Gasteiger charge is 2.23. The van der Waals surface area contributed by atoms with Gasteiger partial charge in [-0.05, 0) is 37.9 Å². The van der Waals surface area contributed by atoms with Crippen molar-refractivity contribution in [3.63, 3.8) is 0 Å². The van der Waals surface area contributed by atoms with Crippen molar-refractivity contribution in [2.75, 3.05) is 6.54 Å². The van der Waals surface area contributed by atoms with Crippen LogP contribution in [-0.4, -0.2) is 21.7 Å². The minimum absolute atomic E-state index is 0.209. The molecule has 2 aromatic rings. The van der Waals surface area contributed by atoms with Crippen LogP contribution in [0.4, 0.5) is 0 Å². The zero-order valence-corrected chi connectivity index (χ0v) is 9.68. The van der Waals surface area contributed by atoms with Crippen LogP contribution >= 0.6 is 0 Å². The van der Waals surface area contributed by atoms with Gasteiger partial charge in [-0.3, -0.25) is 4.98 Å². The average molecular weight is 230 g/mol. The van der Waals surface area contributed by atoms with Gasteiger partial charge in [-0.2, -0.15) is 4.98 Å². The van der Waals surface area contributed by atoms with E-state index in [1.54, 1.807) is 6.20 Å². The molecule has 1 atom stereocenters. The van der Waals surface area contributed by atoms with Gasteiger partial charge in [0.1, 0.15) is 5.69 Å². The standard InChI is InChI=1S/C12H14N4O/c1-8-4-2-7-14-10(8)11-15-12(17-16-11)9-5-3-6-13-9/h2,4,7,9,13H,3,5-6H2,1H3/t9-/m0/s1. The van der Waals surface area contributed by atoms with Crippen molar-refractivity contribution in [3.8, 4) is 11.5 Å². The summed E-state index contributed by atoms with van der Waals surface area (Å²) in [5.74, 6) is 1.24. The van der Waals surface area contributed by atoms with Gasteiger partial charge >= 0.3 is 0 Å². The van der Waals surface area contributed by atoms with Crippen molar-refractivity contribution in [2.45, 2.75) is 25.8 Å². The number of aryl methyl sites for hydroxylation is 1. The van der Waals surface area contributed by atoms with Gasteiger partial charge in [0.2, 0.25) is 11.7 Å². The highest BCUT2D eigenvalue weighted by Crippen LogP contribution is 2.24. The summed E-state index contributed by atoms with van der Waals surface area (Å²) in [6.07, 6.45) is 3.96. The number of rotatable bonds is 2. The Morgan fingerprint density at radius 1 is 1.47 bits per heavy atom. The molecular formula is C12H14N4O. The van der Waals surface area contributed by atoms with Crippen LogP contribution in [0, 0.1) is 6.92 Å². The fourth-order valence-corrected chi connectivity index (χ4v) is 2.09. The Kier molecular flexibility index (Phi) is 2.60. The van der Waals surface area contributed by atoms with Crippen molar-refractivity contribution in [1.82, 2.24) is 20.4 Å². The van der Waals surface area contributed by atoms with E-state index < -0.39 is 0 Å².